The van der Waals surface area contributed by atoms with Crippen LogP contribution < -0.4 is 10.1 Å². The van der Waals surface area contributed by atoms with Crippen molar-refractivity contribution in [3.63, 3.8) is 0 Å². The lowest BCUT2D eigenvalue weighted by Crippen LogP contribution is -2.02. The van der Waals surface area contributed by atoms with Gasteiger partial charge in [0, 0.05) is 11.6 Å². The first-order chi connectivity index (χ1) is 9.51. The molecule has 0 heterocycles. The van der Waals surface area contributed by atoms with E-state index in [0.29, 0.717) is 17.3 Å². The largest absolute Gasteiger partial charge is 0.494 e. The van der Waals surface area contributed by atoms with Gasteiger partial charge in [-0.3, -0.25) is 0 Å². The minimum absolute atomic E-state index is 0.332. The Morgan fingerprint density at radius 1 is 1.20 bits per heavy atom. The van der Waals surface area contributed by atoms with Gasteiger partial charge in [-0.1, -0.05) is 11.6 Å². The van der Waals surface area contributed by atoms with Gasteiger partial charge < -0.3 is 10.1 Å². The van der Waals surface area contributed by atoms with Crippen molar-refractivity contribution in [3.8, 4) is 5.75 Å². The number of ether oxygens (including phenoxy) is 1. The van der Waals surface area contributed by atoms with Gasteiger partial charge in [-0.15, -0.1) is 0 Å². The zero-order chi connectivity index (χ0) is 14.7. The van der Waals surface area contributed by atoms with E-state index in [4.69, 9.17) is 16.3 Å². The number of halogens is 4. The van der Waals surface area contributed by atoms with E-state index in [2.05, 4.69) is 37.2 Å². The molecule has 2 aromatic carbocycles. The molecule has 0 aliphatic heterocycles. The van der Waals surface area contributed by atoms with Crippen molar-refractivity contribution in [1.82, 2.24) is 0 Å². The highest BCUT2D eigenvalue weighted by Gasteiger charge is 2.08. The number of rotatable bonds is 4. The maximum absolute atomic E-state index is 13.6. The average molecular weight is 424 g/mol. The Kier molecular flexibility index (Phi) is 5.29. The maximum atomic E-state index is 13.6. The van der Waals surface area contributed by atoms with E-state index in [0.717, 1.165) is 20.3 Å². The highest BCUT2D eigenvalue weighted by molar-refractivity contribution is 9.11. The molecule has 0 aliphatic rings. The van der Waals surface area contributed by atoms with Crippen LogP contribution in [0.1, 0.15) is 5.56 Å². The highest BCUT2D eigenvalue weighted by atomic mass is 79.9. The minimum Gasteiger partial charge on any atom is -0.494 e. The second kappa shape index (κ2) is 6.78. The summed E-state index contributed by atoms with van der Waals surface area (Å²) in [6, 6.07) is 8.25. The molecule has 1 N–H and O–H groups in total. The number of methoxy groups -OCH3 is 1. The van der Waals surface area contributed by atoms with Crippen LogP contribution in [0.3, 0.4) is 0 Å². The second-order valence-electron chi connectivity index (χ2n) is 4.07. The molecule has 20 heavy (non-hydrogen) atoms. The summed E-state index contributed by atoms with van der Waals surface area (Å²) in [6.45, 7) is 0.471. The maximum Gasteiger partial charge on any atom is 0.147 e. The van der Waals surface area contributed by atoms with Crippen LogP contribution in [-0.2, 0) is 6.54 Å². The van der Waals surface area contributed by atoms with Crippen molar-refractivity contribution in [2.75, 3.05) is 12.4 Å². The smallest absolute Gasteiger partial charge is 0.147 e. The van der Waals surface area contributed by atoms with Gasteiger partial charge in [0.05, 0.1) is 21.7 Å². The molecular formula is C14H11Br2ClFNO. The first-order valence-corrected chi connectivity index (χ1v) is 7.68. The Hall–Kier alpha value is -0.780. The highest BCUT2D eigenvalue weighted by Crippen LogP contribution is 2.34. The standard InChI is InChI=1S/C14H11Br2ClFNO/c1-20-14-10(15)4-8(5-11(14)16)7-19-13-6-9(17)2-3-12(13)18/h2-6,19H,7H2,1H3. The molecule has 106 valence electrons. The van der Waals surface area contributed by atoms with Gasteiger partial charge >= 0.3 is 0 Å². The number of benzene rings is 2. The lowest BCUT2D eigenvalue weighted by atomic mass is 10.2. The lowest BCUT2D eigenvalue weighted by Gasteiger charge is -2.11. The molecule has 0 radical (unpaired) electrons. The summed E-state index contributed by atoms with van der Waals surface area (Å²) < 4.78 is 20.5. The molecule has 0 atom stereocenters. The Bertz CT molecular complexity index is 614. The van der Waals surface area contributed by atoms with Crippen LogP contribution in [0.5, 0.6) is 5.75 Å². The molecular weight excluding hydrogens is 412 g/mol. The third kappa shape index (κ3) is 3.65. The first-order valence-electron chi connectivity index (χ1n) is 5.72. The van der Waals surface area contributed by atoms with E-state index in [1.807, 2.05) is 12.1 Å². The fourth-order valence-corrected chi connectivity index (χ4v) is 3.52. The first kappa shape index (κ1) is 15.6. The molecule has 0 aromatic heterocycles. The van der Waals surface area contributed by atoms with Crippen molar-refractivity contribution < 1.29 is 9.13 Å². The molecule has 0 unspecified atom stereocenters. The molecule has 0 aliphatic carbocycles. The average Bonchev–Trinajstić information content (AvgIpc) is 2.39. The van der Waals surface area contributed by atoms with Crippen molar-refractivity contribution in [3.05, 3.63) is 55.7 Å². The molecule has 2 rings (SSSR count). The monoisotopic (exact) mass is 421 g/mol. The number of hydrogen-bond donors (Lipinski definition) is 1. The van der Waals surface area contributed by atoms with E-state index in [1.165, 1.54) is 12.1 Å². The molecule has 0 amide bonds. The van der Waals surface area contributed by atoms with Crippen molar-refractivity contribution in [2.45, 2.75) is 6.54 Å². The SMILES string of the molecule is COc1c(Br)cc(CNc2cc(Cl)ccc2F)cc1Br. The third-order valence-electron chi connectivity index (χ3n) is 2.67. The van der Waals surface area contributed by atoms with Crippen molar-refractivity contribution in [2.24, 2.45) is 0 Å². The predicted molar refractivity (Wildman–Crippen MR) is 87.1 cm³/mol. The normalized spacial score (nSPS) is 10.4. The Morgan fingerprint density at radius 2 is 1.85 bits per heavy atom. The molecule has 0 bridgehead atoms. The van der Waals surface area contributed by atoms with E-state index in [-0.39, 0.29) is 5.82 Å². The van der Waals surface area contributed by atoms with Crippen LogP contribution in [0.4, 0.5) is 10.1 Å². The van der Waals surface area contributed by atoms with Gasteiger partial charge in [0.25, 0.3) is 0 Å². The fourth-order valence-electron chi connectivity index (χ4n) is 1.74. The van der Waals surface area contributed by atoms with E-state index in [9.17, 15) is 4.39 Å². The summed E-state index contributed by atoms with van der Waals surface area (Å²) in [4.78, 5) is 0. The van der Waals surface area contributed by atoms with Gasteiger partial charge in [-0.2, -0.15) is 0 Å². The molecule has 2 nitrogen and oxygen atoms in total. The van der Waals surface area contributed by atoms with Crippen LogP contribution >= 0.6 is 43.5 Å². The molecule has 2 aromatic rings. The Balaban J connectivity index is 2.17. The van der Waals surface area contributed by atoms with E-state index < -0.39 is 0 Å². The quantitative estimate of drug-likeness (QED) is 0.689. The summed E-state index contributed by atoms with van der Waals surface area (Å²) in [6.07, 6.45) is 0. The molecule has 0 saturated heterocycles. The van der Waals surface area contributed by atoms with Crippen LogP contribution in [0.15, 0.2) is 39.3 Å². The summed E-state index contributed by atoms with van der Waals surface area (Å²) in [5, 5.41) is 3.51. The molecule has 6 heteroatoms. The van der Waals surface area contributed by atoms with Gasteiger partial charge in [0.1, 0.15) is 11.6 Å². The fraction of sp³-hybridized carbons (Fsp3) is 0.143. The summed E-state index contributed by atoms with van der Waals surface area (Å²) in [5.41, 5.74) is 1.35. The second-order valence-corrected chi connectivity index (χ2v) is 6.22. The summed E-state index contributed by atoms with van der Waals surface area (Å²) in [7, 11) is 1.60. The molecule has 0 spiro atoms. The lowest BCUT2D eigenvalue weighted by molar-refractivity contribution is 0.409. The summed E-state index contributed by atoms with van der Waals surface area (Å²) >= 11 is 12.7. The van der Waals surface area contributed by atoms with E-state index >= 15 is 0 Å². The van der Waals surface area contributed by atoms with Gasteiger partial charge in [0.15, 0.2) is 0 Å². The Morgan fingerprint density at radius 3 is 2.45 bits per heavy atom. The topological polar surface area (TPSA) is 21.3 Å². The third-order valence-corrected chi connectivity index (χ3v) is 4.09. The van der Waals surface area contributed by atoms with Crippen LogP contribution in [0.2, 0.25) is 5.02 Å². The number of nitrogens with one attached hydrogen (secondary N) is 1. The van der Waals surface area contributed by atoms with Gasteiger partial charge in [0.2, 0.25) is 0 Å². The van der Waals surface area contributed by atoms with Crippen LogP contribution in [-0.4, -0.2) is 7.11 Å². The van der Waals surface area contributed by atoms with Crippen molar-refractivity contribution >= 4 is 49.1 Å². The number of anilines is 1. The van der Waals surface area contributed by atoms with Crippen LogP contribution in [0, 0.1) is 5.82 Å². The molecule has 0 fully saturated rings. The summed E-state index contributed by atoms with van der Waals surface area (Å²) in [5.74, 6) is 0.392. The van der Waals surface area contributed by atoms with Gasteiger partial charge in [-0.25, -0.2) is 4.39 Å². The molecule has 0 saturated carbocycles. The predicted octanol–water partition coefficient (Wildman–Crippen LogP) is 5.62. The zero-order valence-corrected chi connectivity index (χ0v) is 14.4. The Labute approximate surface area is 138 Å². The van der Waals surface area contributed by atoms with Gasteiger partial charge in [-0.05, 0) is 67.8 Å². The number of hydrogen-bond acceptors (Lipinski definition) is 2. The minimum atomic E-state index is -0.332. The van der Waals surface area contributed by atoms with Crippen molar-refractivity contribution in [1.29, 1.82) is 0 Å². The zero-order valence-electron chi connectivity index (χ0n) is 10.5. The van der Waals surface area contributed by atoms with Crippen LogP contribution in [0.25, 0.3) is 0 Å². The van der Waals surface area contributed by atoms with E-state index in [1.54, 1.807) is 13.2 Å².